The lowest BCUT2D eigenvalue weighted by Gasteiger charge is -2.30. The molecule has 4 amide bonds. The minimum absolute atomic E-state index is 0.0412. The second kappa shape index (κ2) is 6.80. The molecule has 0 radical (unpaired) electrons. The third-order valence-electron chi connectivity index (χ3n) is 4.38. The van der Waals surface area contributed by atoms with Gasteiger partial charge in [-0.25, -0.2) is 4.79 Å². The number of carbonyl (C=O) groups is 3. The Morgan fingerprint density at radius 1 is 1.25 bits per heavy atom. The highest BCUT2D eigenvalue weighted by molar-refractivity contribution is 9.10. The van der Waals surface area contributed by atoms with Gasteiger partial charge in [-0.3, -0.25) is 15.0 Å². The van der Waals surface area contributed by atoms with E-state index in [1.165, 1.54) is 0 Å². The molecular weight excluding hydrogens is 376 g/mol. The SMILES string of the molecule is O=C(CNc1cccc(Br)c1)NN1C(=O)NC2(CCCCC2)C1=O. The van der Waals surface area contributed by atoms with Crippen LogP contribution in [0.5, 0.6) is 0 Å². The second-order valence-electron chi connectivity index (χ2n) is 6.11. The van der Waals surface area contributed by atoms with E-state index in [9.17, 15) is 14.4 Å². The van der Waals surface area contributed by atoms with Crippen molar-refractivity contribution in [1.29, 1.82) is 0 Å². The van der Waals surface area contributed by atoms with Gasteiger partial charge in [-0.15, -0.1) is 0 Å². The van der Waals surface area contributed by atoms with Crippen LogP contribution in [-0.2, 0) is 9.59 Å². The van der Waals surface area contributed by atoms with Gasteiger partial charge in [0.05, 0.1) is 6.54 Å². The quantitative estimate of drug-likeness (QED) is 0.682. The summed E-state index contributed by atoms with van der Waals surface area (Å²) >= 11 is 3.35. The molecule has 8 heteroatoms. The van der Waals surface area contributed by atoms with Crippen molar-refractivity contribution in [3.63, 3.8) is 0 Å². The van der Waals surface area contributed by atoms with E-state index in [-0.39, 0.29) is 12.5 Å². The van der Waals surface area contributed by atoms with E-state index in [0.29, 0.717) is 12.8 Å². The summed E-state index contributed by atoms with van der Waals surface area (Å²) in [5.74, 6) is -0.811. The summed E-state index contributed by atoms with van der Waals surface area (Å²) in [5, 5.41) is 6.52. The van der Waals surface area contributed by atoms with Crippen LogP contribution in [0.2, 0.25) is 0 Å². The number of carbonyl (C=O) groups excluding carboxylic acids is 3. The lowest BCUT2D eigenvalue weighted by Crippen LogP contribution is -2.51. The van der Waals surface area contributed by atoms with Gasteiger partial charge in [0, 0.05) is 10.2 Å². The highest BCUT2D eigenvalue weighted by Crippen LogP contribution is 2.32. The van der Waals surface area contributed by atoms with E-state index in [1.807, 2.05) is 24.3 Å². The molecule has 1 aromatic rings. The van der Waals surface area contributed by atoms with Crippen molar-refractivity contribution in [3.05, 3.63) is 28.7 Å². The average molecular weight is 395 g/mol. The van der Waals surface area contributed by atoms with Gasteiger partial charge in [0.25, 0.3) is 11.8 Å². The summed E-state index contributed by atoms with van der Waals surface area (Å²) in [7, 11) is 0. The number of rotatable bonds is 4. The van der Waals surface area contributed by atoms with Crippen molar-refractivity contribution < 1.29 is 14.4 Å². The number of amides is 4. The van der Waals surface area contributed by atoms with E-state index < -0.39 is 17.5 Å². The number of hydrogen-bond acceptors (Lipinski definition) is 4. The molecule has 7 nitrogen and oxygen atoms in total. The van der Waals surface area contributed by atoms with Gasteiger partial charge in [0.2, 0.25) is 0 Å². The van der Waals surface area contributed by atoms with Crippen LogP contribution < -0.4 is 16.1 Å². The summed E-state index contributed by atoms with van der Waals surface area (Å²) < 4.78 is 0.890. The fourth-order valence-electron chi connectivity index (χ4n) is 3.16. The fourth-order valence-corrected chi connectivity index (χ4v) is 3.56. The first-order valence-corrected chi connectivity index (χ1v) is 8.75. The van der Waals surface area contributed by atoms with Crippen LogP contribution in [0.15, 0.2) is 28.7 Å². The highest BCUT2D eigenvalue weighted by atomic mass is 79.9. The number of halogens is 1. The Hall–Kier alpha value is -2.09. The summed E-state index contributed by atoms with van der Waals surface area (Å²) in [6.45, 7) is -0.0412. The first kappa shape index (κ1) is 16.8. The predicted octanol–water partition coefficient (Wildman–Crippen LogP) is 2.15. The molecule has 1 aliphatic carbocycles. The zero-order chi connectivity index (χ0) is 17.2. The normalized spacial score (nSPS) is 19.3. The summed E-state index contributed by atoms with van der Waals surface area (Å²) in [6, 6.07) is 6.81. The fraction of sp³-hybridized carbons (Fsp3) is 0.438. The van der Waals surface area contributed by atoms with E-state index in [2.05, 4.69) is 32.0 Å². The summed E-state index contributed by atoms with van der Waals surface area (Å²) in [4.78, 5) is 36.7. The highest BCUT2D eigenvalue weighted by Gasteiger charge is 2.52. The molecule has 0 aromatic heterocycles. The van der Waals surface area contributed by atoms with Crippen LogP contribution >= 0.6 is 15.9 Å². The summed E-state index contributed by atoms with van der Waals surface area (Å²) in [5.41, 5.74) is 2.32. The Kier molecular flexibility index (Phi) is 4.75. The number of benzene rings is 1. The van der Waals surface area contributed by atoms with Crippen molar-refractivity contribution in [2.75, 3.05) is 11.9 Å². The Morgan fingerprint density at radius 3 is 2.71 bits per heavy atom. The number of urea groups is 1. The number of anilines is 1. The number of nitrogens with zero attached hydrogens (tertiary/aromatic N) is 1. The van der Waals surface area contributed by atoms with Crippen LogP contribution in [0.3, 0.4) is 0 Å². The third kappa shape index (κ3) is 3.38. The van der Waals surface area contributed by atoms with Gasteiger partial charge in [-0.2, -0.15) is 5.01 Å². The lowest BCUT2D eigenvalue weighted by atomic mass is 9.82. The molecule has 1 aliphatic heterocycles. The standard InChI is InChI=1S/C16H19BrN4O3/c17-11-5-4-6-12(9-11)18-10-13(22)20-21-14(23)16(19-15(21)24)7-2-1-3-8-16/h4-6,9,18H,1-3,7-8,10H2,(H,19,24)(H,20,22). The van der Waals surface area contributed by atoms with E-state index in [0.717, 1.165) is 34.4 Å². The average Bonchev–Trinajstić information content (AvgIpc) is 2.78. The molecule has 1 heterocycles. The lowest BCUT2D eigenvalue weighted by molar-refractivity contribution is -0.139. The first-order chi connectivity index (χ1) is 11.5. The topological polar surface area (TPSA) is 90.5 Å². The Balaban J connectivity index is 1.58. The largest absolute Gasteiger partial charge is 0.376 e. The molecule has 1 saturated carbocycles. The molecule has 1 aromatic carbocycles. The number of imide groups is 1. The first-order valence-electron chi connectivity index (χ1n) is 7.96. The third-order valence-corrected chi connectivity index (χ3v) is 4.88. The molecule has 0 bridgehead atoms. The number of nitrogens with one attached hydrogen (secondary N) is 3. The van der Waals surface area contributed by atoms with Crippen molar-refractivity contribution in [2.24, 2.45) is 0 Å². The summed E-state index contributed by atoms with van der Waals surface area (Å²) in [6.07, 6.45) is 4.12. The van der Waals surface area contributed by atoms with Crippen molar-refractivity contribution in [2.45, 2.75) is 37.6 Å². The molecule has 24 heavy (non-hydrogen) atoms. The zero-order valence-electron chi connectivity index (χ0n) is 13.1. The van der Waals surface area contributed by atoms with E-state index in [1.54, 1.807) is 0 Å². The van der Waals surface area contributed by atoms with Crippen LogP contribution in [0.1, 0.15) is 32.1 Å². The van der Waals surface area contributed by atoms with E-state index >= 15 is 0 Å². The minimum atomic E-state index is -0.833. The van der Waals surface area contributed by atoms with Crippen molar-refractivity contribution >= 4 is 39.5 Å². The van der Waals surface area contributed by atoms with Gasteiger partial charge in [-0.05, 0) is 31.0 Å². The Morgan fingerprint density at radius 2 is 2.00 bits per heavy atom. The van der Waals surface area contributed by atoms with Crippen LogP contribution in [0, 0.1) is 0 Å². The Labute approximate surface area is 148 Å². The predicted molar refractivity (Wildman–Crippen MR) is 92.0 cm³/mol. The number of hydrogen-bond donors (Lipinski definition) is 3. The van der Waals surface area contributed by atoms with Crippen LogP contribution in [0.25, 0.3) is 0 Å². The molecule has 1 spiro atoms. The Bertz CT molecular complexity index is 673. The monoisotopic (exact) mass is 394 g/mol. The molecule has 0 unspecified atom stereocenters. The maximum atomic E-state index is 12.5. The molecule has 2 aliphatic rings. The van der Waals surface area contributed by atoms with Gasteiger partial charge >= 0.3 is 6.03 Å². The van der Waals surface area contributed by atoms with Crippen LogP contribution in [0.4, 0.5) is 10.5 Å². The molecule has 3 rings (SSSR count). The maximum Gasteiger partial charge on any atom is 0.344 e. The smallest absolute Gasteiger partial charge is 0.344 e. The maximum absolute atomic E-state index is 12.5. The number of hydrazine groups is 1. The van der Waals surface area contributed by atoms with Crippen molar-refractivity contribution in [3.8, 4) is 0 Å². The molecular formula is C16H19BrN4O3. The van der Waals surface area contributed by atoms with Gasteiger partial charge in [0.15, 0.2) is 0 Å². The molecule has 128 valence electrons. The van der Waals surface area contributed by atoms with E-state index in [4.69, 9.17) is 0 Å². The van der Waals surface area contributed by atoms with Crippen molar-refractivity contribution in [1.82, 2.24) is 15.8 Å². The van der Waals surface area contributed by atoms with Crippen LogP contribution in [-0.4, -0.2) is 34.9 Å². The molecule has 0 atom stereocenters. The minimum Gasteiger partial charge on any atom is -0.376 e. The van der Waals surface area contributed by atoms with Gasteiger partial charge in [0.1, 0.15) is 5.54 Å². The molecule has 1 saturated heterocycles. The molecule has 2 fully saturated rings. The van der Waals surface area contributed by atoms with Gasteiger partial charge < -0.3 is 10.6 Å². The van der Waals surface area contributed by atoms with Gasteiger partial charge in [-0.1, -0.05) is 41.3 Å². The molecule has 3 N–H and O–H groups in total. The second-order valence-corrected chi connectivity index (χ2v) is 7.03. The zero-order valence-corrected chi connectivity index (χ0v) is 14.7.